The van der Waals surface area contributed by atoms with Crippen LogP contribution in [0.15, 0.2) is 6.20 Å². The molecule has 116 valence electrons. The number of amides is 1. The molecule has 6 heteroatoms. The molecule has 0 spiro atoms. The minimum absolute atomic E-state index is 0.155. The van der Waals surface area contributed by atoms with E-state index in [4.69, 9.17) is 10.5 Å². The Labute approximate surface area is 125 Å². The van der Waals surface area contributed by atoms with Gasteiger partial charge in [-0.3, -0.25) is 4.79 Å². The van der Waals surface area contributed by atoms with Crippen molar-refractivity contribution in [1.29, 1.82) is 0 Å². The first kappa shape index (κ1) is 15.7. The van der Waals surface area contributed by atoms with Crippen molar-refractivity contribution in [3.63, 3.8) is 0 Å². The normalized spacial score (nSPS) is 15.6. The average molecular weight is 292 g/mol. The van der Waals surface area contributed by atoms with Crippen LogP contribution in [0.25, 0.3) is 0 Å². The summed E-state index contributed by atoms with van der Waals surface area (Å²) in [5.41, 5.74) is 6.32. The molecule has 0 unspecified atom stereocenters. The Hall–Kier alpha value is -1.69. The summed E-state index contributed by atoms with van der Waals surface area (Å²) in [5.74, 6) is 0.506. The lowest BCUT2D eigenvalue weighted by Crippen LogP contribution is -2.30. The number of nitrogens with one attached hydrogen (secondary N) is 1. The summed E-state index contributed by atoms with van der Waals surface area (Å²) >= 11 is 0. The highest BCUT2D eigenvalue weighted by atomic mass is 16.5. The number of carbonyl (C=O) groups is 1. The Morgan fingerprint density at radius 1 is 1.48 bits per heavy atom. The molecule has 6 nitrogen and oxygen atoms in total. The van der Waals surface area contributed by atoms with Gasteiger partial charge in [0, 0.05) is 12.5 Å². The monoisotopic (exact) mass is 292 g/mol. The number of nitrogens with zero attached hydrogens (tertiary/aromatic N) is 2. The summed E-state index contributed by atoms with van der Waals surface area (Å²) in [7, 11) is 0. The highest BCUT2D eigenvalue weighted by Crippen LogP contribution is 2.20. The lowest BCUT2D eigenvalue weighted by Gasteiger charge is -2.12. The zero-order valence-electron chi connectivity index (χ0n) is 12.8. The molecule has 1 aliphatic rings. The molecule has 1 aliphatic carbocycles. The van der Waals surface area contributed by atoms with Crippen LogP contribution in [0.3, 0.4) is 0 Å². The molecule has 1 amide bonds. The van der Waals surface area contributed by atoms with Gasteiger partial charge in [0.25, 0.3) is 5.91 Å². The molecule has 3 N–H and O–H groups in total. The molecule has 0 radical (unpaired) electrons. The van der Waals surface area contributed by atoms with Crippen molar-refractivity contribution in [3.8, 4) is 0 Å². The Bertz CT molecular complexity index is 485. The van der Waals surface area contributed by atoms with E-state index >= 15 is 0 Å². The molecule has 1 heterocycles. The van der Waals surface area contributed by atoms with Crippen LogP contribution >= 0.6 is 0 Å². The van der Waals surface area contributed by atoms with Crippen molar-refractivity contribution >= 4 is 11.6 Å². The van der Waals surface area contributed by atoms with Gasteiger partial charge in [-0.15, -0.1) is 0 Å². The van der Waals surface area contributed by atoms with Crippen LogP contribution in [-0.2, 0) is 4.74 Å². The Morgan fingerprint density at radius 2 is 2.19 bits per heavy atom. The summed E-state index contributed by atoms with van der Waals surface area (Å²) in [6, 6.07) is 0. The molecule has 0 atom stereocenters. The maximum Gasteiger partial charge on any atom is 0.272 e. The summed E-state index contributed by atoms with van der Waals surface area (Å²) in [6.07, 6.45) is 6.60. The van der Waals surface area contributed by atoms with Crippen molar-refractivity contribution in [3.05, 3.63) is 17.7 Å². The topological polar surface area (TPSA) is 90.1 Å². The Kier molecular flexibility index (Phi) is 5.50. The molecular weight excluding hydrogens is 268 g/mol. The van der Waals surface area contributed by atoms with Crippen LogP contribution in [0.1, 0.15) is 61.8 Å². The number of carbonyl (C=O) groups excluding carboxylic acids is 1. The zero-order valence-corrected chi connectivity index (χ0v) is 12.8. The van der Waals surface area contributed by atoms with E-state index < -0.39 is 0 Å². The smallest absolute Gasteiger partial charge is 0.272 e. The SMILES string of the molecule is CC(C)c1ncc(N)c(C(=O)NCCOC2CCCC2)n1. The molecule has 1 saturated carbocycles. The van der Waals surface area contributed by atoms with Gasteiger partial charge in [-0.05, 0) is 12.8 Å². The molecule has 1 aromatic heterocycles. The summed E-state index contributed by atoms with van der Waals surface area (Å²) in [6.45, 7) is 4.94. The molecule has 0 aliphatic heterocycles. The minimum atomic E-state index is -0.271. The van der Waals surface area contributed by atoms with E-state index in [1.54, 1.807) is 0 Å². The summed E-state index contributed by atoms with van der Waals surface area (Å²) in [5, 5.41) is 2.80. The number of anilines is 1. The van der Waals surface area contributed by atoms with Crippen molar-refractivity contribution < 1.29 is 9.53 Å². The number of ether oxygens (including phenoxy) is 1. The quantitative estimate of drug-likeness (QED) is 0.781. The van der Waals surface area contributed by atoms with Gasteiger partial charge in [0.15, 0.2) is 5.69 Å². The lowest BCUT2D eigenvalue weighted by atomic mass is 10.2. The predicted octanol–water partition coefficient (Wildman–Crippen LogP) is 1.87. The first-order valence-electron chi connectivity index (χ1n) is 7.60. The van der Waals surface area contributed by atoms with Gasteiger partial charge < -0.3 is 15.8 Å². The number of hydrogen-bond donors (Lipinski definition) is 2. The molecular formula is C15H24N4O2. The molecule has 21 heavy (non-hydrogen) atoms. The number of aromatic nitrogens is 2. The largest absolute Gasteiger partial charge is 0.396 e. The first-order valence-corrected chi connectivity index (χ1v) is 7.60. The summed E-state index contributed by atoms with van der Waals surface area (Å²) in [4.78, 5) is 20.5. The van der Waals surface area contributed by atoms with E-state index in [9.17, 15) is 4.79 Å². The van der Waals surface area contributed by atoms with Crippen molar-refractivity contribution in [2.75, 3.05) is 18.9 Å². The standard InChI is InChI=1S/C15H24N4O2/c1-10(2)14-18-9-12(16)13(19-14)15(20)17-7-8-21-11-5-3-4-6-11/h9-11H,3-8,16H2,1-2H3,(H,17,20). The van der Waals surface area contributed by atoms with Gasteiger partial charge in [0.1, 0.15) is 5.82 Å². The van der Waals surface area contributed by atoms with Crippen molar-refractivity contribution in [2.45, 2.75) is 51.6 Å². The van der Waals surface area contributed by atoms with Crippen LogP contribution in [-0.4, -0.2) is 35.1 Å². The minimum Gasteiger partial charge on any atom is -0.396 e. The van der Waals surface area contributed by atoms with Gasteiger partial charge in [0.05, 0.1) is 24.6 Å². The maximum absolute atomic E-state index is 12.1. The third kappa shape index (κ3) is 4.39. The second-order valence-electron chi connectivity index (χ2n) is 5.72. The predicted molar refractivity (Wildman–Crippen MR) is 81.1 cm³/mol. The second-order valence-corrected chi connectivity index (χ2v) is 5.72. The molecule has 0 aromatic carbocycles. The zero-order chi connectivity index (χ0) is 15.2. The molecule has 1 aromatic rings. The van der Waals surface area contributed by atoms with E-state index in [2.05, 4.69) is 15.3 Å². The van der Waals surface area contributed by atoms with Crippen LogP contribution in [0.5, 0.6) is 0 Å². The van der Waals surface area contributed by atoms with Gasteiger partial charge in [-0.2, -0.15) is 0 Å². The second kappa shape index (κ2) is 7.36. The number of rotatable bonds is 6. The number of hydrogen-bond acceptors (Lipinski definition) is 5. The van der Waals surface area contributed by atoms with E-state index in [0.717, 1.165) is 12.8 Å². The van der Waals surface area contributed by atoms with Crippen LogP contribution in [0.4, 0.5) is 5.69 Å². The Balaban J connectivity index is 1.83. The van der Waals surface area contributed by atoms with Crippen molar-refractivity contribution in [2.24, 2.45) is 0 Å². The first-order chi connectivity index (χ1) is 10.1. The number of nitrogen functional groups attached to an aromatic ring is 1. The van der Waals surface area contributed by atoms with Crippen molar-refractivity contribution in [1.82, 2.24) is 15.3 Å². The molecule has 0 bridgehead atoms. The molecule has 0 saturated heterocycles. The number of nitrogens with two attached hydrogens (primary N) is 1. The summed E-state index contributed by atoms with van der Waals surface area (Å²) < 4.78 is 5.70. The van der Waals surface area contributed by atoms with E-state index in [0.29, 0.717) is 30.8 Å². The van der Waals surface area contributed by atoms with E-state index in [1.165, 1.54) is 19.0 Å². The van der Waals surface area contributed by atoms with Gasteiger partial charge in [-0.25, -0.2) is 9.97 Å². The Morgan fingerprint density at radius 3 is 2.86 bits per heavy atom. The van der Waals surface area contributed by atoms with Gasteiger partial charge in [0.2, 0.25) is 0 Å². The van der Waals surface area contributed by atoms with Crippen LogP contribution in [0.2, 0.25) is 0 Å². The van der Waals surface area contributed by atoms with E-state index in [-0.39, 0.29) is 17.5 Å². The fraction of sp³-hybridized carbons (Fsp3) is 0.667. The molecule has 2 rings (SSSR count). The molecule has 1 fully saturated rings. The average Bonchev–Trinajstić information content (AvgIpc) is 2.96. The fourth-order valence-electron chi connectivity index (χ4n) is 2.39. The van der Waals surface area contributed by atoms with Crippen LogP contribution in [0, 0.1) is 0 Å². The van der Waals surface area contributed by atoms with Gasteiger partial charge >= 0.3 is 0 Å². The third-order valence-corrected chi connectivity index (χ3v) is 3.61. The lowest BCUT2D eigenvalue weighted by molar-refractivity contribution is 0.0581. The highest BCUT2D eigenvalue weighted by molar-refractivity contribution is 5.96. The third-order valence-electron chi connectivity index (χ3n) is 3.61. The van der Waals surface area contributed by atoms with E-state index in [1.807, 2.05) is 13.8 Å². The van der Waals surface area contributed by atoms with Gasteiger partial charge in [-0.1, -0.05) is 26.7 Å². The highest BCUT2D eigenvalue weighted by Gasteiger charge is 2.16. The maximum atomic E-state index is 12.1. The fourth-order valence-corrected chi connectivity index (χ4v) is 2.39. The van der Waals surface area contributed by atoms with Crippen LogP contribution < -0.4 is 11.1 Å².